The molecule has 0 aliphatic rings. The summed E-state index contributed by atoms with van der Waals surface area (Å²) in [6, 6.07) is 0. The molecule has 0 aromatic heterocycles. The van der Waals surface area contributed by atoms with Crippen molar-refractivity contribution in [2.75, 3.05) is 13.7 Å². The Bertz CT molecular complexity index is 289. The van der Waals surface area contributed by atoms with Gasteiger partial charge in [0.2, 0.25) is 0 Å². The molecule has 4 heteroatoms. The number of aliphatic hydroxyl groups is 1. The third-order valence-electron chi connectivity index (χ3n) is 1.84. The molecule has 0 aliphatic heterocycles. The second-order valence-electron chi connectivity index (χ2n) is 3.22. The fraction of sp³-hybridized carbons (Fsp3) is 0.455. The van der Waals surface area contributed by atoms with Crippen LogP contribution in [0.4, 0.5) is 0 Å². The summed E-state index contributed by atoms with van der Waals surface area (Å²) in [5, 5.41) is 11.9. The average molecular weight is 276 g/mol. The lowest BCUT2D eigenvalue weighted by Crippen LogP contribution is -2.09. The molecule has 0 fully saturated rings. The zero-order valence-electron chi connectivity index (χ0n) is 9.60. The number of ether oxygens (including phenoxy) is 1. The number of allylic oxidation sites excluding steroid dienone is 4. The van der Waals surface area contributed by atoms with Crippen LogP contribution in [-0.2, 0) is 4.74 Å². The molecule has 2 N–H and O–H groups in total. The standard InChI is InChI=1S/C11H18BrNO2/c1-8(2)10(12)5-6-15-11(7-14)9(3)13-4/h5-6,13-14H,7H2,1-4H3/b6-5-,11-9-. The molecule has 0 saturated carbocycles. The first-order valence-electron chi connectivity index (χ1n) is 4.67. The van der Waals surface area contributed by atoms with Crippen LogP contribution in [0.1, 0.15) is 20.8 Å². The average Bonchev–Trinajstić information content (AvgIpc) is 2.22. The number of nitrogens with one attached hydrogen (secondary N) is 1. The Morgan fingerprint density at radius 1 is 1.40 bits per heavy atom. The van der Waals surface area contributed by atoms with Gasteiger partial charge >= 0.3 is 0 Å². The number of hydrogen-bond acceptors (Lipinski definition) is 3. The van der Waals surface area contributed by atoms with E-state index in [1.807, 2.05) is 20.8 Å². The summed E-state index contributed by atoms with van der Waals surface area (Å²) in [6.07, 6.45) is 3.34. The fourth-order valence-electron chi connectivity index (χ4n) is 0.726. The normalized spacial score (nSPS) is 12.4. The zero-order chi connectivity index (χ0) is 11.8. The van der Waals surface area contributed by atoms with Gasteiger partial charge in [-0.2, -0.15) is 0 Å². The molecule has 0 unspecified atom stereocenters. The largest absolute Gasteiger partial charge is 0.465 e. The van der Waals surface area contributed by atoms with Gasteiger partial charge in [-0.1, -0.05) is 21.5 Å². The van der Waals surface area contributed by atoms with Crippen molar-refractivity contribution in [3.8, 4) is 0 Å². The van der Waals surface area contributed by atoms with Crippen molar-refractivity contribution in [3.63, 3.8) is 0 Å². The summed E-state index contributed by atoms with van der Waals surface area (Å²) >= 11 is 3.39. The molecule has 0 atom stereocenters. The van der Waals surface area contributed by atoms with Gasteiger partial charge in [0.15, 0.2) is 0 Å². The van der Waals surface area contributed by atoms with Crippen LogP contribution in [0.3, 0.4) is 0 Å². The van der Waals surface area contributed by atoms with Crippen molar-refractivity contribution >= 4 is 15.9 Å². The smallest absolute Gasteiger partial charge is 0.147 e. The van der Waals surface area contributed by atoms with Gasteiger partial charge in [-0.15, -0.1) is 0 Å². The Morgan fingerprint density at radius 3 is 2.40 bits per heavy atom. The minimum atomic E-state index is -0.122. The van der Waals surface area contributed by atoms with Gasteiger partial charge in [0.05, 0.1) is 6.26 Å². The predicted octanol–water partition coefficient (Wildman–Crippen LogP) is 2.65. The van der Waals surface area contributed by atoms with E-state index in [4.69, 9.17) is 9.84 Å². The van der Waals surface area contributed by atoms with Crippen LogP contribution < -0.4 is 5.32 Å². The number of halogens is 1. The third-order valence-corrected chi connectivity index (χ3v) is 2.90. The second-order valence-corrected chi connectivity index (χ2v) is 4.08. The lowest BCUT2D eigenvalue weighted by molar-refractivity contribution is 0.229. The van der Waals surface area contributed by atoms with Crippen LogP contribution in [0.25, 0.3) is 0 Å². The summed E-state index contributed by atoms with van der Waals surface area (Å²) in [4.78, 5) is 0. The summed E-state index contributed by atoms with van der Waals surface area (Å²) in [7, 11) is 1.78. The van der Waals surface area contributed by atoms with Gasteiger partial charge < -0.3 is 15.2 Å². The van der Waals surface area contributed by atoms with Crippen LogP contribution in [-0.4, -0.2) is 18.8 Å². The maximum atomic E-state index is 9.02. The van der Waals surface area contributed by atoms with Gasteiger partial charge in [-0.05, 0) is 26.8 Å². The Kier molecular flexibility index (Phi) is 7.17. The molecule has 0 aromatic rings. The number of aliphatic hydroxyl groups excluding tert-OH is 1. The zero-order valence-corrected chi connectivity index (χ0v) is 11.2. The summed E-state index contributed by atoms with van der Waals surface area (Å²) < 4.78 is 6.26. The van der Waals surface area contributed by atoms with E-state index >= 15 is 0 Å². The maximum Gasteiger partial charge on any atom is 0.147 e. The molecule has 0 heterocycles. The van der Waals surface area contributed by atoms with Crippen molar-refractivity contribution in [1.82, 2.24) is 5.32 Å². The van der Waals surface area contributed by atoms with E-state index in [1.165, 1.54) is 0 Å². The molecule has 0 spiro atoms. The Labute approximate surface area is 99.6 Å². The van der Waals surface area contributed by atoms with E-state index in [-0.39, 0.29) is 6.61 Å². The summed E-state index contributed by atoms with van der Waals surface area (Å²) in [5.41, 5.74) is 1.98. The molecule has 0 bridgehead atoms. The molecular formula is C11H18BrNO2. The van der Waals surface area contributed by atoms with Crippen molar-refractivity contribution in [2.24, 2.45) is 0 Å². The van der Waals surface area contributed by atoms with Crippen molar-refractivity contribution in [2.45, 2.75) is 20.8 Å². The van der Waals surface area contributed by atoms with Crippen LogP contribution in [0.2, 0.25) is 0 Å². The second kappa shape index (κ2) is 7.54. The minimum Gasteiger partial charge on any atom is -0.465 e. The minimum absolute atomic E-state index is 0.122. The lowest BCUT2D eigenvalue weighted by atomic mass is 10.3. The highest BCUT2D eigenvalue weighted by Crippen LogP contribution is 2.13. The van der Waals surface area contributed by atoms with Gasteiger partial charge in [0, 0.05) is 17.2 Å². The number of hydrogen-bond donors (Lipinski definition) is 2. The molecule has 0 rings (SSSR count). The first-order chi connectivity index (χ1) is 7.02. The molecular weight excluding hydrogens is 258 g/mol. The highest BCUT2D eigenvalue weighted by atomic mass is 79.9. The van der Waals surface area contributed by atoms with Crippen molar-refractivity contribution in [1.29, 1.82) is 0 Å². The SMILES string of the molecule is CN/C(C)=C(/CO)O/C=C\C(Br)=C(C)C. The maximum absolute atomic E-state index is 9.02. The van der Waals surface area contributed by atoms with Gasteiger partial charge in [0.25, 0.3) is 0 Å². The number of rotatable bonds is 5. The molecule has 15 heavy (non-hydrogen) atoms. The highest BCUT2D eigenvalue weighted by Gasteiger charge is 1.99. The molecule has 3 nitrogen and oxygen atoms in total. The molecule has 0 saturated heterocycles. The Hall–Kier alpha value is -0.740. The predicted molar refractivity (Wildman–Crippen MR) is 66.4 cm³/mol. The lowest BCUT2D eigenvalue weighted by Gasteiger charge is -2.07. The molecule has 0 amide bonds. The molecule has 86 valence electrons. The van der Waals surface area contributed by atoms with Gasteiger partial charge in [-0.25, -0.2) is 0 Å². The quantitative estimate of drug-likeness (QED) is 0.599. The molecule has 0 radical (unpaired) electrons. The fourth-order valence-corrected chi connectivity index (χ4v) is 0.834. The van der Waals surface area contributed by atoms with E-state index in [9.17, 15) is 0 Å². The molecule has 0 aliphatic carbocycles. The van der Waals surface area contributed by atoms with E-state index in [0.717, 1.165) is 15.8 Å². The first kappa shape index (κ1) is 14.3. The van der Waals surface area contributed by atoms with E-state index in [0.29, 0.717) is 5.76 Å². The van der Waals surface area contributed by atoms with Crippen LogP contribution in [0.15, 0.2) is 33.8 Å². The van der Waals surface area contributed by atoms with E-state index in [1.54, 1.807) is 19.4 Å². The van der Waals surface area contributed by atoms with Crippen LogP contribution >= 0.6 is 15.9 Å². The van der Waals surface area contributed by atoms with E-state index in [2.05, 4.69) is 21.2 Å². The van der Waals surface area contributed by atoms with Gasteiger partial charge in [-0.3, -0.25) is 0 Å². The van der Waals surface area contributed by atoms with Crippen LogP contribution in [0, 0.1) is 0 Å². The van der Waals surface area contributed by atoms with E-state index < -0.39 is 0 Å². The van der Waals surface area contributed by atoms with Gasteiger partial charge in [0.1, 0.15) is 12.4 Å². The topological polar surface area (TPSA) is 41.5 Å². The Morgan fingerprint density at radius 2 is 2.00 bits per heavy atom. The summed E-state index contributed by atoms with van der Waals surface area (Å²) in [6.45, 7) is 5.71. The van der Waals surface area contributed by atoms with Crippen LogP contribution in [0.5, 0.6) is 0 Å². The van der Waals surface area contributed by atoms with Crippen molar-refractivity contribution < 1.29 is 9.84 Å². The monoisotopic (exact) mass is 275 g/mol. The first-order valence-corrected chi connectivity index (χ1v) is 5.46. The highest BCUT2D eigenvalue weighted by molar-refractivity contribution is 9.11. The third kappa shape index (κ3) is 5.64. The van der Waals surface area contributed by atoms with Crippen molar-refractivity contribution in [3.05, 3.63) is 33.8 Å². The Balaban J connectivity index is 4.44. The molecule has 0 aromatic carbocycles. The summed E-state index contributed by atoms with van der Waals surface area (Å²) in [5.74, 6) is 0.516.